The molecule has 19 heavy (non-hydrogen) atoms. The van der Waals surface area contributed by atoms with E-state index >= 15 is 0 Å². The molecule has 1 heterocycles. The van der Waals surface area contributed by atoms with E-state index in [1.165, 1.54) is 51.6 Å². The van der Waals surface area contributed by atoms with Crippen LogP contribution in [-0.4, -0.2) is 36.1 Å². The summed E-state index contributed by atoms with van der Waals surface area (Å²) in [6.07, 6.45) is 8.20. The van der Waals surface area contributed by atoms with E-state index in [4.69, 9.17) is 0 Å². The van der Waals surface area contributed by atoms with Gasteiger partial charge in [0.25, 0.3) is 0 Å². The standard InChI is InChI=1S/C17H34N2/c1-5-15-7-8-17(14(15)4)19-11-9-13(3)18-16(6-2)10-12-19/h13-18H,5-12H2,1-4H3. The summed E-state index contributed by atoms with van der Waals surface area (Å²) in [5.41, 5.74) is 0. The Morgan fingerprint density at radius 1 is 0.947 bits per heavy atom. The molecule has 1 saturated carbocycles. The lowest BCUT2D eigenvalue weighted by Crippen LogP contribution is -2.47. The van der Waals surface area contributed by atoms with Crippen LogP contribution < -0.4 is 5.32 Å². The Morgan fingerprint density at radius 2 is 1.68 bits per heavy atom. The van der Waals surface area contributed by atoms with Gasteiger partial charge in [-0.3, -0.25) is 4.90 Å². The van der Waals surface area contributed by atoms with Crippen LogP contribution >= 0.6 is 0 Å². The third-order valence-electron chi connectivity index (χ3n) is 5.80. The van der Waals surface area contributed by atoms with Gasteiger partial charge in [-0.05, 0) is 64.0 Å². The minimum atomic E-state index is 0.687. The first-order chi connectivity index (χ1) is 9.15. The Hall–Kier alpha value is -0.0800. The molecule has 0 aromatic heterocycles. The van der Waals surface area contributed by atoms with Crippen LogP contribution in [0.2, 0.25) is 0 Å². The van der Waals surface area contributed by atoms with E-state index in [1.807, 2.05) is 0 Å². The molecule has 2 aliphatic rings. The van der Waals surface area contributed by atoms with Crippen LogP contribution in [0.5, 0.6) is 0 Å². The molecular formula is C17H34N2. The van der Waals surface area contributed by atoms with Gasteiger partial charge in [0.2, 0.25) is 0 Å². The fraction of sp³-hybridized carbons (Fsp3) is 1.00. The van der Waals surface area contributed by atoms with E-state index in [1.54, 1.807) is 0 Å². The molecule has 0 amide bonds. The van der Waals surface area contributed by atoms with E-state index in [0.717, 1.165) is 23.9 Å². The van der Waals surface area contributed by atoms with Crippen molar-refractivity contribution in [3.8, 4) is 0 Å². The zero-order valence-corrected chi connectivity index (χ0v) is 13.5. The van der Waals surface area contributed by atoms with Crippen molar-refractivity contribution >= 4 is 0 Å². The zero-order chi connectivity index (χ0) is 13.8. The molecule has 0 spiro atoms. The predicted octanol–water partition coefficient (Wildman–Crippen LogP) is 3.66. The fourth-order valence-corrected chi connectivity index (χ4v) is 4.33. The molecular weight excluding hydrogens is 232 g/mol. The van der Waals surface area contributed by atoms with Gasteiger partial charge in [0.1, 0.15) is 0 Å². The van der Waals surface area contributed by atoms with Gasteiger partial charge >= 0.3 is 0 Å². The van der Waals surface area contributed by atoms with Gasteiger partial charge in [-0.1, -0.05) is 27.2 Å². The van der Waals surface area contributed by atoms with Crippen molar-refractivity contribution in [1.29, 1.82) is 0 Å². The molecule has 1 N–H and O–H groups in total. The lowest BCUT2D eigenvalue weighted by Gasteiger charge is -2.37. The molecule has 1 aliphatic heterocycles. The SMILES string of the molecule is CCC1CCN(C2CCC(CC)C2C)CCC(C)N1. The maximum absolute atomic E-state index is 3.78. The molecule has 0 bridgehead atoms. The number of nitrogens with one attached hydrogen (secondary N) is 1. The van der Waals surface area contributed by atoms with Gasteiger partial charge in [-0.2, -0.15) is 0 Å². The Labute approximate surface area is 120 Å². The lowest BCUT2D eigenvalue weighted by molar-refractivity contribution is 0.127. The summed E-state index contributed by atoms with van der Waals surface area (Å²) < 4.78 is 0. The Morgan fingerprint density at radius 3 is 2.32 bits per heavy atom. The zero-order valence-electron chi connectivity index (χ0n) is 13.5. The summed E-state index contributed by atoms with van der Waals surface area (Å²) in [5.74, 6) is 1.89. The monoisotopic (exact) mass is 266 g/mol. The summed E-state index contributed by atoms with van der Waals surface area (Å²) in [6, 6.07) is 2.29. The van der Waals surface area contributed by atoms with Crippen molar-refractivity contribution in [3.05, 3.63) is 0 Å². The molecule has 5 atom stereocenters. The lowest BCUT2D eigenvalue weighted by atomic mass is 9.92. The molecule has 5 unspecified atom stereocenters. The average Bonchev–Trinajstić information content (AvgIpc) is 2.76. The molecule has 2 rings (SSSR count). The van der Waals surface area contributed by atoms with Crippen molar-refractivity contribution in [1.82, 2.24) is 10.2 Å². The van der Waals surface area contributed by atoms with Crippen molar-refractivity contribution in [2.24, 2.45) is 11.8 Å². The quantitative estimate of drug-likeness (QED) is 0.838. The minimum absolute atomic E-state index is 0.687. The fourth-order valence-electron chi connectivity index (χ4n) is 4.33. The van der Waals surface area contributed by atoms with Crippen molar-refractivity contribution in [2.75, 3.05) is 13.1 Å². The van der Waals surface area contributed by atoms with E-state index < -0.39 is 0 Å². The van der Waals surface area contributed by atoms with Crippen molar-refractivity contribution < 1.29 is 0 Å². The summed E-state index contributed by atoms with van der Waals surface area (Å²) in [6.45, 7) is 12.2. The molecule has 112 valence electrons. The van der Waals surface area contributed by atoms with Crippen LogP contribution in [0.4, 0.5) is 0 Å². The van der Waals surface area contributed by atoms with Crippen molar-refractivity contribution in [2.45, 2.75) is 84.3 Å². The summed E-state index contributed by atoms with van der Waals surface area (Å²) in [7, 11) is 0. The molecule has 1 saturated heterocycles. The molecule has 0 aromatic carbocycles. The molecule has 2 heteroatoms. The van der Waals surface area contributed by atoms with Gasteiger partial charge in [0, 0.05) is 18.1 Å². The van der Waals surface area contributed by atoms with Gasteiger partial charge in [0.05, 0.1) is 0 Å². The summed E-state index contributed by atoms with van der Waals surface area (Å²) in [4.78, 5) is 2.83. The molecule has 2 fully saturated rings. The number of rotatable bonds is 3. The normalized spacial score (nSPS) is 42.0. The maximum Gasteiger partial charge on any atom is 0.0124 e. The van der Waals surface area contributed by atoms with Gasteiger partial charge in [0.15, 0.2) is 0 Å². The molecule has 0 radical (unpaired) electrons. The smallest absolute Gasteiger partial charge is 0.0124 e. The largest absolute Gasteiger partial charge is 0.311 e. The highest BCUT2D eigenvalue weighted by Gasteiger charge is 2.35. The second-order valence-electron chi connectivity index (χ2n) is 6.96. The third kappa shape index (κ3) is 3.72. The van der Waals surface area contributed by atoms with Crippen LogP contribution in [0.3, 0.4) is 0 Å². The van der Waals surface area contributed by atoms with Crippen LogP contribution in [0.1, 0.15) is 66.2 Å². The van der Waals surface area contributed by atoms with Crippen LogP contribution in [0.15, 0.2) is 0 Å². The van der Waals surface area contributed by atoms with Crippen LogP contribution in [0.25, 0.3) is 0 Å². The average molecular weight is 266 g/mol. The second kappa shape index (κ2) is 7.08. The first-order valence-electron chi connectivity index (χ1n) is 8.65. The Kier molecular flexibility index (Phi) is 5.70. The van der Waals surface area contributed by atoms with E-state index in [9.17, 15) is 0 Å². The van der Waals surface area contributed by atoms with E-state index in [0.29, 0.717) is 6.04 Å². The Bertz CT molecular complexity index is 266. The molecule has 2 nitrogen and oxygen atoms in total. The van der Waals surface area contributed by atoms with E-state index in [-0.39, 0.29) is 0 Å². The van der Waals surface area contributed by atoms with Crippen LogP contribution in [0, 0.1) is 11.8 Å². The van der Waals surface area contributed by atoms with Gasteiger partial charge < -0.3 is 5.32 Å². The molecule has 0 aromatic rings. The number of nitrogens with zero attached hydrogens (tertiary/aromatic N) is 1. The topological polar surface area (TPSA) is 15.3 Å². The number of hydrogen-bond acceptors (Lipinski definition) is 2. The molecule has 1 aliphatic carbocycles. The van der Waals surface area contributed by atoms with Gasteiger partial charge in [-0.25, -0.2) is 0 Å². The highest BCUT2D eigenvalue weighted by Crippen LogP contribution is 2.37. The maximum atomic E-state index is 3.78. The highest BCUT2D eigenvalue weighted by atomic mass is 15.2. The number of hydrogen-bond donors (Lipinski definition) is 1. The van der Waals surface area contributed by atoms with Crippen LogP contribution in [-0.2, 0) is 0 Å². The first-order valence-corrected chi connectivity index (χ1v) is 8.65. The third-order valence-corrected chi connectivity index (χ3v) is 5.80. The van der Waals surface area contributed by atoms with Gasteiger partial charge in [-0.15, -0.1) is 0 Å². The second-order valence-corrected chi connectivity index (χ2v) is 6.96. The summed E-state index contributed by atoms with van der Waals surface area (Å²) in [5, 5.41) is 3.78. The Balaban J connectivity index is 1.95. The highest BCUT2D eigenvalue weighted by molar-refractivity contribution is 4.90. The van der Waals surface area contributed by atoms with Crippen molar-refractivity contribution in [3.63, 3.8) is 0 Å². The summed E-state index contributed by atoms with van der Waals surface area (Å²) >= 11 is 0. The minimum Gasteiger partial charge on any atom is -0.311 e. The predicted molar refractivity (Wildman–Crippen MR) is 83.5 cm³/mol. The first kappa shape index (κ1) is 15.3. The van der Waals surface area contributed by atoms with E-state index in [2.05, 4.69) is 37.9 Å².